The van der Waals surface area contributed by atoms with Gasteiger partial charge in [0.2, 0.25) is 5.91 Å². The Balaban J connectivity index is 2.42. The SMILES string of the molecule is CCNC1CCN(CC(O)C(F)F)C1=O. The van der Waals surface area contributed by atoms with Gasteiger partial charge in [-0.3, -0.25) is 4.79 Å². The molecule has 1 aliphatic heterocycles. The van der Waals surface area contributed by atoms with Gasteiger partial charge >= 0.3 is 0 Å². The highest BCUT2D eigenvalue weighted by Crippen LogP contribution is 2.13. The van der Waals surface area contributed by atoms with Gasteiger partial charge in [0.15, 0.2) is 0 Å². The van der Waals surface area contributed by atoms with Crippen LogP contribution in [-0.2, 0) is 4.79 Å². The van der Waals surface area contributed by atoms with Crippen LogP contribution in [0.2, 0.25) is 0 Å². The molecule has 1 aliphatic rings. The Labute approximate surface area is 87.2 Å². The summed E-state index contributed by atoms with van der Waals surface area (Å²) in [7, 11) is 0. The Morgan fingerprint density at radius 3 is 2.87 bits per heavy atom. The Morgan fingerprint density at radius 1 is 1.67 bits per heavy atom. The first kappa shape index (κ1) is 12.3. The van der Waals surface area contributed by atoms with Crippen LogP contribution in [0.5, 0.6) is 0 Å². The monoisotopic (exact) mass is 222 g/mol. The fourth-order valence-corrected chi connectivity index (χ4v) is 1.66. The lowest BCUT2D eigenvalue weighted by Gasteiger charge is -2.20. The molecule has 0 radical (unpaired) electrons. The largest absolute Gasteiger partial charge is 0.385 e. The third kappa shape index (κ3) is 3.10. The Kier molecular flexibility index (Phi) is 4.41. The van der Waals surface area contributed by atoms with E-state index >= 15 is 0 Å². The van der Waals surface area contributed by atoms with E-state index in [9.17, 15) is 13.6 Å². The molecule has 0 aromatic rings. The van der Waals surface area contributed by atoms with Gasteiger partial charge in [0.1, 0.15) is 6.10 Å². The number of nitrogens with one attached hydrogen (secondary N) is 1. The van der Waals surface area contributed by atoms with Crippen molar-refractivity contribution in [1.82, 2.24) is 10.2 Å². The topological polar surface area (TPSA) is 52.6 Å². The third-order valence-corrected chi connectivity index (χ3v) is 2.45. The Morgan fingerprint density at radius 2 is 2.33 bits per heavy atom. The quantitative estimate of drug-likeness (QED) is 0.678. The van der Waals surface area contributed by atoms with Crippen LogP contribution >= 0.6 is 0 Å². The normalized spacial score (nSPS) is 23.9. The van der Waals surface area contributed by atoms with Gasteiger partial charge < -0.3 is 15.3 Å². The number of aliphatic hydroxyl groups excluding tert-OH is 1. The minimum Gasteiger partial charge on any atom is -0.385 e. The average Bonchev–Trinajstić information content (AvgIpc) is 2.50. The minimum atomic E-state index is -2.80. The van der Waals surface area contributed by atoms with E-state index in [1.54, 1.807) is 0 Å². The number of nitrogens with zero attached hydrogens (tertiary/aromatic N) is 1. The molecule has 6 heteroatoms. The molecule has 0 bridgehead atoms. The fourth-order valence-electron chi connectivity index (χ4n) is 1.66. The van der Waals surface area contributed by atoms with Gasteiger partial charge in [-0.2, -0.15) is 0 Å². The van der Waals surface area contributed by atoms with Crippen molar-refractivity contribution < 1.29 is 18.7 Å². The number of aliphatic hydroxyl groups is 1. The zero-order chi connectivity index (χ0) is 11.4. The van der Waals surface area contributed by atoms with Gasteiger partial charge in [-0.15, -0.1) is 0 Å². The van der Waals surface area contributed by atoms with Crippen LogP contribution in [0.3, 0.4) is 0 Å². The summed E-state index contributed by atoms with van der Waals surface area (Å²) >= 11 is 0. The maximum absolute atomic E-state index is 12.1. The summed E-state index contributed by atoms with van der Waals surface area (Å²) in [6, 6.07) is -0.278. The van der Waals surface area contributed by atoms with E-state index in [2.05, 4.69) is 5.32 Å². The highest BCUT2D eigenvalue weighted by atomic mass is 19.3. The second kappa shape index (κ2) is 5.37. The second-order valence-corrected chi connectivity index (χ2v) is 3.58. The number of carbonyl (C=O) groups excluding carboxylic acids is 1. The van der Waals surface area contributed by atoms with Crippen LogP contribution in [0.4, 0.5) is 8.78 Å². The lowest BCUT2D eigenvalue weighted by atomic mass is 10.2. The number of likely N-dealkylation sites (tertiary alicyclic amines) is 1. The highest BCUT2D eigenvalue weighted by Gasteiger charge is 2.33. The number of carbonyl (C=O) groups is 1. The van der Waals surface area contributed by atoms with E-state index in [4.69, 9.17) is 5.11 Å². The molecule has 0 aromatic carbocycles. The summed E-state index contributed by atoms with van der Waals surface area (Å²) in [5.74, 6) is -0.198. The molecule has 0 saturated carbocycles. The summed E-state index contributed by atoms with van der Waals surface area (Å²) in [6.07, 6.45) is -3.92. The number of rotatable bonds is 5. The second-order valence-electron chi connectivity index (χ2n) is 3.58. The van der Waals surface area contributed by atoms with Crippen LogP contribution in [0.25, 0.3) is 0 Å². The van der Waals surface area contributed by atoms with Gasteiger partial charge in [0, 0.05) is 6.54 Å². The minimum absolute atomic E-state index is 0.198. The van der Waals surface area contributed by atoms with Crippen LogP contribution in [0.15, 0.2) is 0 Å². The van der Waals surface area contributed by atoms with Crippen molar-refractivity contribution in [2.24, 2.45) is 0 Å². The lowest BCUT2D eigenvalue weighted by Crippen LogP contribution is -2.42. The molecule has 1 saturated heterocycles. The Bertz CT molecular complexity index is 226. The average molecular weight is 222 g/mol. The van der Waals surface area contributed by atoms with Crippen molar-refractivity contribution in [1.29, 1.82) is 0 Å². The fraction of sp³-hybridized carbons (Fsp3) is 0.889. The molecular formula is C9H16F2N2O2. The molecule has 2 atom stereocenters. The van der Waals surface area contributed by atoms with Gasteiger partial charge in [-0.1, -0.05) is 6.92 Å². The number of likely N-dealkylation sites (N-methyl/N-ethyl adjacent to an activating group) is 1. The zero-order valence-electron chi connectivity index (χ0n) is 8.62. The van der Waals surface area contributed by atoms with Crippen LogP contribution in [0, 0.1) is 0 Å². The molecule has 0 spiro atoms. The summed E-state index contributed by atoms with van der Waals surface area (Å²) in [5, 5.41) is 11.9. The number of hydrogen-bond acceptors (Lipinski definition) is 3. The molecule has 0 aromatic heterocycles. The van der Waals surface area contributed by atoms with Crippen molar-refractivity contribution in [2.45, 2.75) is 31.9 Å². The number of hydrogen-bond donors (Lipinski definition) is 2. The number of amides is 1. The summed E-state index contributed by atoms with van der Waals surface area (Å²) in [5.41, 5.74) is 0. The van der Waals surface area contributed by atoms with Gasteiger partial charge in [-0.05, 0) is 13.0 Å². The van der Waals surface area contributed by atoms with E-state index in [1.165, 1.54) is 4.90 Å². The summed E-state index contributed by atoms with van der Waals surface area (Å²) in [6.45, 7) is 2.70. The van der Waals surface area contributed by atoms with Gasteiger partial charge in [0.25, 0.3) is 6.43 Å². The predicted octanol–water partition coefficient (Wildman–Crippen LogP) is -0.177. The summed E-state index contributed by atoms with van der Waals surface area (Å²) < 4.78 is 24.1. The third-order valence-electron chi connectivity index (χ3n) is 2.45. The van der Waals surface area contributed by atoms with Gasteiger partial charge in [-0.25, -0.2) is 8.78 Å². The molecule has 0 aliphatic carbocycles. The van der Waals surface area contributed by atoms with Crippen molar-refractivity contribution in [2.75, 3.05) is 19.6 Å². The lowest BCUT2D eigenvalue weighted by molar-refractivity contribution is -0.132. The maximum atomic E-state index is 12.1. The van der Waals surface area contributed by atoms with E-state index in [0.717, 1.165) is 0 Å². The van der Waals surface area contributed by atoms with E-state index in [0.29, 0.717) is 19.5 Å². The molecule has 1 fully saturated rings. The van der Waals surface area contributed by atoms with Crippen LogP contribution in [-0.4, -0.2) is 54.1 Å². The molecule has 88 valence electrons. The standard InChI is InChI=1S/C9H16F2N2O2/c1-2-12-6-3-4-13(9(6)15)5-7(14)8(10)11/h6-8,12,14H,2-5H2,1H3. The predicted molar refractivity (Wildman–Crippen MR) is 50.7 cm³/mol. The molecule has 2 N–H and O–H groups in total. The number of halogens is 2. The number of alkyl halides is 2. The maximum Gasteiger partial charge on any atom is 0.265 e. The number of β-amino-alcohol motifs (C(OH)–C–C–N with tert-alkyl or cyclic N) is 1. The van der Waals surface area contributed by atoms with Crippen molar-refractivity contribution in [3.8, 4) is 0 Å². The first-order chi connectivity index (χ1) is 7.06. The molecule has 1 amide bonds. The van der Waals surface area contributed by atoms with Crippen LogP contribution < -0.4 is 5.32 Å². The molecule has 15 heavy (non-hydrogen) atoms. The molecular weight excluding hydrogens is 206 g/mol. The van der Waals surface area contributed by atoms with E-state index in [-0.39, 0.29) is 18.5 Å². The summed E-state index contributed by atoms with van der Waals surface area (Å²) in [4.78, 5) is 12.8. The molecule has 1 heterocycles. The molecule has 4 nitrogen and oxygen atoms in total. The molecule has 1 rings (SSSR count). The van der Waals surface area contributed by atoms with Gasteiger partial charge in [0.05, 0.1) is 12.6 Å². The van der Waals surface area contributed by atoms with Crippen LogP contribution in [0.1, 0.15) is 13.3 Å². The smallest absolute Gasteiger partial charge is 0.265 e. The first-order valence-corrected chi connectivity index (χ1v) is 5.04. The Hall–Kier alpha value is -0.750. The van der Waals surface area contributed by atoms with Crippen molar-refractivity contribution >= 4 is 5.91 Å². The van der Waals surface area contributed by atoms with E-state index in [1.807, 2.05) is 6.92 Å². The van der Waals surface area contributed by atoms with E-state index < -0.39 is 12.5 Å². The zero-order valence-corrected chi connectivity index (χ0v) is 8.62. The highest BCUT2D eigenvalue weighted by molar-refractivity contribution is 5.84. The first-order valence-electron chi connectivity index (χ1n) is 5.04. The molecule has 2 unspecified atom stereocenters. The van der Waals surface area contributed by atoms with Crippen molar-refractivity contribution in [3.63, 3.8) is 0 Å². The van der Waals surface area contributed by atoms with Crippen molar-refractivity contribution in [3.05, 3.63) is 0 Å².